The summed E-state index contributed by atoms with van der Waals surface area (Å²) in [4.78, 5) is 2.21. The number of hydrogen-bond acceptors (Lipinski definition) is 4. The van der Waals surface area contributed by atoms with Crippen molar-refractivity contribution in [1.82, 2.24) is 10.2 Å². The van der Waals surface area contributed by atoms with Crippen LogP contribution in [0.5, 0.6) is 0 Å². The van der Waals surface area contributed by atoms with E-state index >= 15 is 0 Å². The van der Waals surface area contributed by atoms with Gasteiger partial charge in [-0.2, -0.15) is 0 Å². The summed E-state index contributed by atoms with van der Waals surface area (Å²) in [5.74, 6) is 1.40. The van der Waals surface area contributed by atoms with Gasteiger partial charge in [-0.15, -0.1) is 10.2 Å². The minimum atomic E-state index is 0.480. The lowest BCUT2D eigenvalue weighted by molar-refractivity contribution is 0.642. The van der Waals surface area contributed by atoms with Crippen LogP contribution in [0.3, 0.4) is 0 Å². The fourth-order valence-corrected chi connectivity index (χ4v) is 2.00. The first-order valence-corrected chi connectivity index (χ1v) is 5.09. The fourth-order valence-electron chi connectivity index (χ4n) is 2.00. The Hall–Kier alpha value is -1.32. The molecule has 1 aliphatic rings. The second-order valence-electron chi connectivity index (χ2n) is 3.87. The van der Waals surface area contributed by atoms with E-state index in [1.54, 1.807) is 6.07 Å². The average Bonchev–Trinajstić information content (AvgIpc) is 2.71. The molecule has 0 radical (unpaired) electrons. The van der Waals surface area contributed by atoms with Crippen LogP contribution in [-0.2, 0) is 0 Å². The largest absolute Gasteiger partial charge is 0.382 e. The van der Waals surface area contributed by atoms with Gasteiger partial charge < -0.3 is 10.6 Å². The molecular weight excluding hydrogens is 176 g/mol. The molecule has 0 atom stereocenters. The quantitative estimate of drug-likeness (QED) is 0.770. The Morgan fingerprint density at radius 2 is 2.00 bits per heavy atom. The van der Waals surface area contributed by atoms with Crippen LogP contribution in [0.1, 0.15) is 25.7 Å². The van der Waals surface area contributed by atoms with Crippen molar-refractivity contribution in [3.8, 4) is 0 Å². The third kappa shape index (κ3) is 1.78. The molecule has 0 unspecified atom stereocenters. The molecule has 1 saturated carbocycles. The van der Waals surface area contributed by atoms with E-state index in [2.05, 4.69) is 22.1 Å². The first-order valence-electron chi connectivity index (χ1n) is 5.09. The first kappa shape index (κ1) is 9.24. The first-order chi connectivity index (χ1) is 6.77. The van der Waals surface area contributed by atoms with Crippen LogP contribution in [0.4, 0.5) is 11.6 Å². The molecule has 0 saturated heterocycles. The Morgan fingerprint density at radius 3 is 2.57 bits per heavy atom. The molecular formula is C10H16N4. The molecule has 0 aromatic carbocycles. The molecule has 1 aliphatic carbocycles. The molecule has 1 aromatic heterocycles. The molecule has 14 heavy (non-hydrogen) atoms. The van der Waals surface area contributed by atoms with Crippen molar-refractivity contribution >= 4 is 11.6 Å². The van der Waals surface area contributed by atoms with Crippen molar-refractivity contribution in [2.75, 3.05) is 17.7 Å². The van der Waals surface area contributed by atoms with Gasteiger partial charge in [-0.25, -0.2) is 0 Å². The second kappa shape index (κ2) is 3.82. The Balaban J connectivity index is 2.09. The van der Waals surface area contributed by atoms with Crippen LogP contribution in [0.2, 0.25) is 0 Å². The van der Waals surface area contributed by atoms with E-state index in [4.69, 9.17) is 5.73 Å². The summed E-state index contributed by atoms with van der Waals surface area (Å²) in [7, 11) is 2.08. The predicted molar refractivity (Wildman–Crippen MR) is 57.1 cm³/mol. The van der Waals surface area contributed by atoms with Gasteiger partial charge >= 0.3 is 0 Å². The maximum absolute atomic E-state index is 5.49. The van der Waals surface area contributed by atoms with Crippen molar-refractivity contribution in [3.05, 3.63) is 12.1 Å². The molecule has 4 nitrogen and oxygen atoms in total. The number of aromatic nitrogens is 2. The lowest BCUT2D eigenvalue weighted by atomic mass is 10.2. The van der Waals surface area contributed by atoms with E-state index in [1.165, 1.54) is 25.7 Å². The van der Waals surface area contributed by atoms with E-state index in [-0.39, 0.29) is 0 Å². The molecule has 0 aliphatic heterocycles. The summed E-state index contributed by atoms with van der Waals surface area (Å²) >= 11 is 0. The van der Waals surface area contributed by atoms with Gasteiger partial charge in [0.15, 0.2) is 5.82 Å². The number of nitrogen functional groups attached to an aromatic ring is 1. The van der Waals surface area contributed by atoms with Gasteiger partial charge in [-0.3, -0.25) is 0 Å². The van der Waals surface area contributed by atoms with Gasteiger partial charge in [0.1, 0.15) is 5.82 Å². The van der Waals surface area contributed by atoms with Gasteiger partial charge in [0.2, 0.25) is 0 Å². The third-order valence-electron chi connectivity index (χ3n) is 2.90. The van der Waals surface area contributed by atoms with E-state index in [0.29, 0.717) is 11.9 Å². The van der Waals surface area contributed by atoms with Crippen LogP contribution in [0.25, 0.3) is 0 Å². The summed E-state index contributed by atoms with van der Waals surface area (Å²) in [6.07, 6.45) is 5.19. The van der Waals surface area contributed by atoms with E-state index < -0.39 is 0 Å². The van der Waals surface area contributed by atoms with E-state index in [9.17, 15) is 0 Å². The van der Waals surface area contributed by atoms with Crippen LogP contribution in [0.15, 0.2) is 12.1 Å². The lowest BCUT2D eigenvalue weighted by Crippen LogP contribution is -2.29. The van der Waals surface area contributed by atoms with Crippen LogP contribution < -0.4 is 10.6 Å². The van der Waals surface area contributed by atoms with Gasteiger partial charge in [-0.05, 0) is 25.0 Å². The molecule has 0 bridgehead atoms. The Labute approximate surface area is 84.1 Å². The maximum atomic E-state index is 5.49. The minimum Gasteiger partial charge on any atom is -0.382 e. The SMILES string of the molecule is CN(c1ccc(N)nn1)C1CCCC1. The van der Waals surface area contributed by atoms with Crippen molar-refractivity contribution in [2.45, 2.75) is 31.7 Å². The third-order valence-corrected chi connectivity index (χ3v) is 2.90. The highest BCUT2D eigenvalue weighted by Gasteiger charge is 2.20. The van der Waals surface area contributed by atoms with Gasteiger partial charge in [0.05, 0.1) is 0 Å². The van der Waals surface area contributed by atoms with Crippen molar-refractivity contribution in [2.24, 2.45) is 0 Å². The van der Waals surface area contributed by atoms with Gasteiger partial charge in [-0.1, -0.05) is 12.8 Å². The summed E-state index contributed by atoms with van der Waals surface area (Å²) < 4.78 is 0. The van der Waals surface area contributed by atoms with Crippen LogP contribution in [0, 0.1) is 0 Å². The molecule has 2 rings (SSSR count). The summed E-state index contributed by atoms with van der Waals surface area (Å²) in [5.41, 5.74) is 5.49. The maximum Gasteiger partial charge on any atom is 0.151 e. The molecule has 1 aromatic rings. The summed E-state index contributed by atoms with van der Waals surface area (Å²) in [6, 6.07) is 4.36. The number of hydrogen-bond donors (Lipinski definition) is 1. The molecule has 2 N–H and O–H groups in total. The normalized spacial score (nSPS) is 17.2. The Bertz CT molecular complexity index is 289. The minimum absolute atomic E-state index is 0.480. The zero-order chi connectivity index (χ0) is 9.97. The van der Waals surface area contributed by atoms with Gasteiger partial charge in [0, 0.05) is 13.1 Å². The molecule has 0 spiro atoms. The van der Waals surface area contributed by atoms with E-state index in [0.717, 1.165) is 5.82 Å². The topological polar surface area (TPSA) is 55.0 Å². The van der Waals surface area contributed by atoms with Crippen LogP contribution in [-0.4, -0.2) is 23.3 Å². The predicted octanol–water partition coefficient (Wildman–Crippen LogP) is 1.44. The fraction of sp³-hybridized carbons (Fsp3) is 0.600. The number of nitrogens with zero attached hydrogens (tertiary/aromatic N) is 3. The Morgan fingerprint density at radius 1 is 1.29 bits per heavy atom. The highest BCUT2D eigenvalue weighted by atomic mass is 15.3. The highest BCUT2D eigenvalue weighted by molar-refractivity contribution is 5.41. The smallest absolute Gasteiger partial charge is 0.151 e. The van der Waals surface area contributed by atoms with Crippen LogP contribution >= 0.6 is 0 Å². The van der Waals surface area contributed by atoms with Crippen molar-refractivity contribution < 1.29 is 0 Å². The highest BCUT2D eigenvalue weighted by Crippen LogP contribution is 2.25. The monoisotopic (exact) mass is 192 g/mol. The Kier molecular flexibility index (Phi) is 2.52. The van der Waals surface area contributed by atoms with Gasteiger partial charge in [0.25, 0.3) is 0 Å². The number of rotatable bonds is 2. The molecule has 1 fully saturated rings. The lowest BCUT2D eigenvalue weighted by Gasteiger charge is -2.24. The zero-order valence-corrected chi connectivity index (χ0v) is 8.48. The van der Waals surface area contributed by atoms with Crippen molar-refractivity contribution in [1.29, 1.82) is 0 Å². The van der Waals surface area contributed by atoms with E-state index in [1.807, 2.05) is 6.07 Å². The summed E-state index contributed by atoms with van der Waals surface area (Å²) in [6.45, 7) is 0. The zero-order valence-electron chi connectivity index (χ0n) is 8.48. The second-order valence-corrected chi connectivity index (χ2v) is 3.87. The summed E-state index contributed by atoms with van der Waals surface area (Å²) in [5, 5.41) is 7.93. The average molecular weight is 192 g/mol. The number of nitrogens with two attached hydrogens (primary N) is 1. The molecule has 0 amide bonds. The standard InChI is InChI=1S/C10H16N4/c1-14(8-4-2-3-5-8)10-7-6-9(11)12-13-10/h6-8H,2-5H2,1H3,(H2,11,12). The molecule has 76 valence electrons. The molecule has 4 heteroatoms. The van der Waals surface area contributed by atoms with Crippen molar-refractivity contribution in [3.63, 3.8) is 0 Å². The molecule has 1 heterocycles. The number of anilines is 2.